The van der Waals surface area contributed by atoms with E-state index in [4.69, 9.17) is 4.74 Å². The minimum atomic E-state index is -0.479. The highest BCUT2D eigenvalue weighted by molar-refractivity contribution is 5.97. The molecule has 1 amide bonds. The van der Waals surface area contributed by atoms with Crippen LogP contribution in [0.1, 0.15) is 49.9 Å². The third-order valence-electron chi connectivity index (χ3n) is 5.73. The molecule has 2 aromatic rings. The van der Waals surface area contributed by atoms with Crippen molar-refractivity contribution in [1.82, 2.24) is 14.8 Å². The van der Waals surface area contributed by atoms with Crippen molar-refractivity contribution in [3.63, 3.8) is 0 Å². The topological polar surface area (TPSA) is 63.6 Å². The summed E-state index contributed by atoms with van der Waals surface area (Å²) >= 11 is 0. The van der Waals surface area contributed by atoms with E-state index in [1.807, 2.05) is 23.3 Å². The number of rotatable bonds is 8. The molecule has 164 valence electrons. The lowest BCUT2D eigenvalue weighted by Gasteiger charge is -2.37. The number of hydrogen-bond acceptors (Lipinski definition) is 4. The van der Waals surface area contributed by atoms with E-state index < -0.39 is 11.2 Å². The molecule has 1 saturated heterocycles. The Kier molecular flexibility index (Phi) is 7.61. The first-order valence-electron chi connectivity index (χ1n) is 10.8. The van der Waals surface area contributed by atoms with Gasteiger partial charge in [0.05, 0.1) is 5.52 Å². The molecule has 0 saturated carbocycles. The number of hydrogen-bond donors (Lipinski definition) is 1. The van der Waals surface area contributed by atoms with Gasteiger partial charge >= 0.3 is 0 Å². The third-order valence-corrected chi connectivity index (χ3v) is 5.73. The number of ether oxygens (including phenoxy) is 1. The van der Waals surface area contributed by atoms with Gasteiger partial charge in [0.1, 0.15) is 11.4 Å². The number of benzene rings is 1. The van der Waals surface area contributed by atoms with E-state index in [0.29, 0.717) is 18.7 Å². The average Bonchev–Trinajstić information content (AvgIpc) is 2.73. The minimum absolute atomic E-state index is 0.0415. The fourth-order valence-corrected chi connectivity index (χ4v) is 4.27. The summed E-state index contributed by atoms with van der Waals surface area (Å²) in [5.74, 6) is -0.757. The molecule has 1 aliphatic rings. The summed E-state index contributed by atoms with van der Waals surface area (Å²) < 4.78 is 21.0. The number of carbonyl (C=O) groups excluding carboxylic acids is 1. The zero-order chi connectivity index (χ0) is 21.7. The van der Waals surface area contributed by atoms with Crippen molar-refractivity contribution in [1.29, 1.82) is 0 Å². The lowest BCUT2D eigenvalue weighted by molar-refractivity contribution is 0.0571. The zero-order valence-corrected chi connectivity index (χ0v) is 18.1. The van der Waals surface area contributed by atoms with E-state index in [1.165, 1.54) is 12.1 Å². The lowest BCUT2D eigenvalue weighted by atomic mass is 10.0. The van der Waals surface area contributed by atoms with Crippen molar-refractivity contribution in [3.8, 4) is 0 Å². The van der Waals surface area contributed by atoms with Crippen LogP contribution >= 0.6 is 0 Å². The number of unbranched alkanes of at least 4 members (excludes halogenated alkanes) is 1. The van der Waals surface area contributed by atoms with Crippen molar-refractivity contribution >= 4 is 16.8 Å². The molecular formula is C23H32FN3O3. The van der Waals surface area contributed by atoms with Gasteiger partial charge in [0.2, 0.25) is 5.43 Å². The van der Waals surface area contributed by atoms with Crippen LogP contribution in [0.3, 0.4) is 0 Å². The normalized spacial score (nSPS) is 16.9. The molecule has 1 atom stereocenters. The molecular weight excluding hydrogens is 385 g/mol. The summed E-state index contributed by atoms with van der Waals surface area (Å²) in [5, 5.41) is 3.59. The van der Waals surface area contributed by atoms with E-state index in [0.717, 1.165) is 38.8 Å². The maximum Gasteiger partial charge on any atom is 0.259 e. The van der Waals surface area contributed by atoms with Gasteiger partial charge in [-0.1, -0.05) is 0 Å². The fourth-order valence-electron chi connectivity index (χ4n) is 4.27. The van der Waals surface area contributed by atoms with E-state index in [-0.39, 0.29) is 28.9 Å². The number of piperidine rings is 1. The molecule has 0 unspecified atom stereocenters. The first-order valence-corrected chi connectivity index (χ1v) is 10.8. The Morgan fingerprint density at radius 1 is 1.37 bits per heavy atom. The highest BCUT2D eigenvalue weighted by Gasteiger charge is 2.30. The number of carbonyl (C=O) groups is 1. The van der Waals surface area contributed by atoms with Crippen LogP contribution in [0.15, 0.2) is 29.2 Å². The van der Waals surface area contributed by atoms with Crippen molar-refractivity contribution in [2.45, 2.75) is 58.2 Å². The Bertz CT molecular complexity index is 935. The monoisotopic (exact) mass is 417 g/mol. The van der Waals surface area contributed by atoms with E-state index in [2.05, 4.69) is 5.32 Å². The number of halogens is 1. The second-order valence-electron chi connectivity index (χ2n) is 8.23. The van der Waals surface area contributed by atoms with Crippen LogP contribution in [0, 0.1) is 5.82 Å². The second kappa shape index (κ2) is 10.2. The first-order chi connectivity index (χ1) is 14.4. The quantitative estimate of drug-likeness (QED) is 0.670. The maximum atomic E-state index is 13.9. The highest BCUT2D eigenvalue weighted by atomic mass is 19.1. The van der Waals surface area contributed by atoms with Crippen molar-refractivity contribution in [2.24, 2.45) is 0 Å². The molecule has 0 bridgehead atoms. The zero-order valence-electron chi connectivity index (χ0n) is 18.1. The van der Waals surface area contributed by atoms with Gasteiger partial charge < -0.3 is 19.5 Å². The van der Waals surface area contributed by atoms with Gasteiger partial charge in [0, 0.05) is 50.5 Å². The van der Waals surface area contributed by atoms with E-state index in [1.54, 1.807) is 19.4 Å². The standard InChI is InChI=1S/C23H32FN3O3/c1-16(2)27(18-7-6-10-25-14-18)23(29)20-15-26(11-4-5-12-30-3)21-9-8-17(24)13-19(21)22(20)28/h8-9,13,15-16,18,25H,4-7,10-12,14H2,1-3H3/t18-/m1/s1. The van der Waals surface area contributed by atoms with Crippen molar-refractivity contribution < 1.29 is 13.9 Å². The van der Waals surface area contributed by atoms with Gasteiger partial charge in [0.15, 0.2) is 0 Å². The average molecular weight is 418 g/mol. The second-order valence-corrected chi connectivity index (χ2v) is 8.23. The number of aromatic nitrogens is 1. The number of nitrogens with one attached hydrogen (secondary N) is 1. The highest BCUT2D eigenvalue weighted by Crippen LogP contribution is 2.20. The molecule has 30 heavy (non-hydrogen) atoms. The number of pyridine rings is 1. The van der Waals surface area contributed by atoms with E-state index >= 15 is 0 Å². The van der Waals surface area contributed by atoms with Crippen molar-refractivity contribution in [3.05, 3.63) is 46.0 Å². The van der Waals surface area contributed by atoms with Gasteiger partial charge in [-0.05, 0) is 64.3 Å². The van der Waals surface area contributed by atoms with Crippen LogP contribution < -0.4 is 10.7 Å². The fraction of sp³-hybridized carbons (Fsp3) is 0.565. The third kappa shape index (κ3) is 4.90. The molecule has 0 aliphatic carbocycles. The summed E-state index contributed by atoms with van der Waals surface area (Å²) in [6.07, 6.45) is 5.25. The molecule has 2 heterocycles. The van der Waals surface area contributed by atoms with Gasteiger partial charge in [-0.15, -0.1) is 0 Å². The summed E-state index contributed by atoms with van der Waals surface area (Å²) in [6, 6.07) is 4.21. The molecule has 1 aromatic heterocycles. The Morgan fingerprint density at radius 3 is 2.83 bits per heavy atom. The predicted octanol–water partition coefficient (Wildman–Crippen LogP) is 3.17. The smallest absolute Gasteiger partial charge is 0.259 e. The predicted molar refractivity (Wildman–Crippen MR) is 116 cm³/mol. The Hall–Kier alpha value is -2.25. The SMILES string of the molecule is COCCCCn1cc(C(=O)N(C(C)C)[C@@H]2CCCNC2)c(=O)c2cc(F)ccc21. The molecule has 1 N–H and O–H groups in total. The first kappa shape index (κ1) is 22.4. The number of aryl methyl sites for hydroxylation is 1. The molecule has 3 rings (SSSR count). The largest absolute Gasteiger partial charge is 0.385 e. The van der Waals surface area contributed by atoms with Crippen LogP contribution in [0.2, 0.25) is 0 Å². The van der Waals surface area contributed by atoms with Gasteiger partial charge in [0.25, 0.3) is 5.91 Å². The van der Waals surface area contributed by atoms with E-state index in [9.17, 15) is 14.0 Å². The lowest BCUT2D eigenvalue weighted by Crippen LogP contribution is -2.52. The van der Waals surface area contributed by atoms with Gasteiger partial charge in [-0.25, -0.2) is 4.39 Å². The summed E-state index contributed by atoms with van der Waals surface area (Å²) in [4.78, 5) is 28.5. The Morgan fingerprint density at radius 2 is 2.17 bits per heavy atom. The van der Waals surface area contributed by atoms with Crippen LogP contribution in [0.5, 0.6) is 0 Å². The molecule has 0 radical (unpaired) electrons. The van der Waals surface area contributed by atoms with Crippen LogP contribution in [-0.4, -0.2) is 54.3 Å². The number of fused-ring (bicyclic) bond motifs is 1. The Balaban J connectivity index is 2.03. The van der Waals surface area contributed by atoms with Gasteiger partial charge in [-0.3, -0.25) is 9.59 Å². The molecule has 0 spiro atoms. The number of methoxy groups -OCH3 is 1. The van der Waals surface area contributed by atoms with Crippen LogP contribution in [-0.2, 0) is 11.3 Å². The van der Waals surface area contributed by atoms with Gasteiger partial charge in [-0.2, -0.15) is 0 Å². The van der Waals surface area contributed by atoms with Crippen molar-refractivity contribution in [2.75, 3.05) is 26.8 Å². The Labute approximate surface area is 177 Å². The summed E-state index contributed by atoms with van der Waals surface area (Å²) in [7, 11) is 1.66. The molecule has 1 fully saturated rings. The molecule has 6 nitrogen and oxygen atoms in total. The molecule has 7 heteroatoms. The van der Waals surface area contributed by atoms with Crippen LogP contribution in [0.4, 0.5) is 4.39 Å². The molecule has 1 aliphatic heterocycles. The summed E-state index contributed by atoms with van der Waals surface area (Å²) in [5.41, 5.74) is 0.349. The molecule has 1 aromatic carbocycles. The minimum Gasteiger partial charge on any atom is -0.385 e. The number of nitrogens with zero attached hydrogens (tertiary/aromatic N) is 2. The van der Waals surface area contributed by atoms with Crippen LogP contribution in [0.25, 0.3) is 10.9 Å². The maximum absolute atomic E-state index is 13.9. The number of amides is 1. The summed E-state index contributed by atoms with van der Waals surface area (Å²) in [6.45, 7) is 6.87.